The second-order valence-electron chi connectivity index (χ2n) is 10.5. The normalized spacial score (nSPS) is 12.5. The number of carbonyl (C=O) groups excluding carboxylic acids is 1. The van der Waals surface area contributed by atoms with Gasteiger partial charge in [-0.05, 0) is 43.5 Å². The third-order valence-electron chi connectivity index (χ3n) is 6.82. The van der Waals surface area contributed by atoms with Gasteiger partial charge in [0.05, 0.1) is 18.1 Å². The maximum Gasteiger partial charge on any atom is 0.240 e. The Kier molecular flexibility index (Phi) is 7.11. The zero-order valence-corrected chi connectivity index (χ0v) is 22.1. The fraction of sp³-hybridized carbons (Fsp3) is 0.258. The molecule has 2 heterocycles. The molecule has 3 aromatic carbocycles. The molecule has 4 N–H and O–H groups in total. The number of hydrogen-bond donors (Lipinski definition) is 3. The van der Waals surface area contributed by atoms with Crippen molar-refractivity contribution in [2.75, 3.05) is 0 Å². The van der Waals surface area contributed by atoms with Crippen LogP contribution in [0.4, 0.5) is 0 Å². The number of nitrogens with two attached hydrogens (primary N) is 1. The Morgan fingerprint density at radius 1 is 0.974 bits per heavy atom. The maximum absolute atomic E-state index is 13.1. The largest absolute Gasteiger partial charge is 0.361 e. The number of rotatable bonds is 9. The molecule has 0 aliphatic carbocycles. The van der Waals surface area contributed by atoms with Crippen LogP contribution in [0.15, 0.2) is 85.1 Å². The van der Waals surface area contributed by atoms with Gasteiger partial charge in [-0.25, -0.2) is 0 Å². The molecule has 0 aliphatic rings. The van der Waals surface area contributed by atoms with Crippen LogP contribution < -0.4 is 11.1 Å². The smallest absolute Gasteiger partial charge is 0.240 e. The average Bonchev–Trinajstić information content (AvgIpc) is 3.49. The number of carbonyl (C=O) groups is 1. The van der Waals surface area contributed by atoms with Crippen molar-refractivity contribution in [1.29, 1.82) is 0 Å². The lowest BCUT2D eigenvalue weighted by molar-refractivity contribution is -0.126. The van der Waals surface area contributed by atoms with Crippen LogP contribution >= 0.6 is 0 Å². The number of amides is 1. The minimum atomic E-state index is -1.03. The van der Waals surface area contributed by atoms with Crippen molar-refractivity contribution >= 4 is 16.8 Å². The third-order valence-corrected chi connectivity index (χ3v) is 6.82. The molecule has 5 rings (SSSR count). The van der Waals surface area contributed by atoms with Crippen molar-refractivity contribution in [1.82, 2.24) is 25.1 Å². The fourth-order valence-electron chi connectivity index (χ4n) is 4.64. The lowest BCUT2D eigenvalue weighted by Gasteiger charge is -2.25. The number of aryl methyl sites for hydroxylation is 1. The van der Waals surface area contributed by atoms with Crippen LogP contribution in [0.25, 0.3) is 10.9 Å². The van der Waals surface area contributed by atoms with E-state index < -0.39 is 11.6 Å². The van der Waals surface area contributed by atoms with Crippen molar-refractivity contribution in [3.63, 3.8) is 0 Å². The van der Waals surface area contributed by atoms with Crippen molar-refractivity contribution in [3.8, 4) is 0 Å². The standard InChI is InChI=1S/C31H34N6O/c1-21-13-15-23(16-14-21)20-37-28(17-22-9-5-4-6-10-22)35-36-29(37)27(34-30(38)31(2,3)32)18-24-19-33-26-12-8-7-11-25(24)26/h4-16,19,27,33H,17-18,20,32H2,1-3H3,(H,34,38)/t27-/m1/s1. The monoisotopic (exact) mass is 506 g/mol. The summed E-state index contributed by atoms with van der Waals surface area (Å²) >= 11 is 0. The molecule has 7 nitrogen and oxygen atoms in total. The average molecular weight is 507 g/mol. The number of para-hydroxylation sites is 1. The minimum absolute atomic E-state index is 0.239. The van der Waals surface area contributed by atoms with E-state index in [1.165, 1.54) is 5.56 Å². The summed E-state index contributed by atoms with van der Waals surface area (Å²) in [6, 6.07) is 26.5. The Morgan fingerprint density at radius 3 is 2.42 bits per heavy atom. The first kappa shape index (κ1) is 25.4. The molecular formula is C31H34N6O. The van der Waals surface area contributed by atoms with Gasteiger partial charge in [0.25, 0.3) is 0 Å². The molecule has 0 aliphatic heterocycles. The van der Waals surface area contributed by atoms with Crippen LogP contribution in [0.5, 0.6) is 0 Å². The third kappa shape index (κ3) is 5.68. The Hall–Kier alpha value is -4.23. The van der Waals surface area contributed by atoms with Crippen LogP contribution in [0.1, 0.15) is 53.8 Å². The number of H-pyrrole nitrogens is 1. The lowest BCUT2D eigenvalue weighted by Crippen LogP contribution is -2.50. The summed E-state index contributed by atoms with van der Waals surface area (Å²) in [5.74, 6) is 1.31. The van der Waals surface area contributed by atoms with Gasteiger partial charge < -0.3 is 20.6 Å². The highest BCUT2D eigenvalue weighted by Gasteiger charge is 2.29. The van der Waals surface area contributed by atoms with E-state index in [1.807, 2.05) is 42.6 Å². The fourth-order valence-corrected chi connectivity index (χ4v) is 4.64. The van der Waals surface area contributed by atoms with Gasteiger partial charge in [-0.3, -0.25) is 4.79 Å². The van der Waals surface area contributed by atoms with Crippen LogP contribution in [-0.4, -0.2) is 31.2 Å². The molecule has 1 atom stereocenters. The number of nitrogens with zero attached hydrogens (tertiary/aromatic N) is 3. The molecule has 38 heavy (non-hydrogen) atoms. The summed E-state index contributed by atoms with van der Waals surface area (Å²) in [5, 5.41) is 13.6. The van der Waals surface area contributed by atoms with Gasteiger partial charge in [0.15, 0.2) is 5.82 Å². The maximum atomic E-state index is 13.1. The molecule has 0 spiro atoms. The van der Waals surface area contributed by atoms with E-state index in [0.29, 0.717) is 25.2 Å². The van der Waals surface area contributed by atoms with Crippen LogP contribution in [0, 0.1) is 6.92 Å². The Labute approximate surface area is 223 Å². The minimum Gasteiger partial charge on any atom is -0.361 e. The van der Waals surface area contributed by atoms with E-state index in [0.717, 1.165) is 33.4 Å². The molecule has 0 saturated carbocycles. The molecule has 0 radical (unpaired) electrons. The highest BCUT2D eigenvalue weighted by molar-refractivity contribution is 5.86. The van der Waals surface area contributed by atoms with Gasteiger partial charge in [-0.15, -0.1) is 10.2 Å². The summed E-state index contributed by atoms with van der Waals surface area (Å²) in [6.45, 7) is 6.10. The predicted molar refractivity (Wildman–Crippen MR) is 151 cm³/mol. The van der Waals surface area contributed by atoms with Crippen LogP contribution in [-0.2, 0) is 24.2 Å². The predicted octanol–water partition coefficient (Wildman–Crippen LogP) is 4.84. The molecule has 194 valence electrons. The van der Waals surface area contributed by atoms with E-state index in [9.17, 15) is 4.79 Å². The van der Waals surface area contributed by atoms with Crippen molar-refractivity contribution in [2.24, 2.45) is 5.73 Å². The number of aromatic amines is 1. The molecule has 1 amide bonds. The first-order chi connectivity index (χ1) is 18.3. The highest BCUT2D eigenvalue weighted by Crippen LogP contribution is 2.26. The van der Waals surface area contributed by atoms with E-state index >= 15 is 0 Å². The number of benzene rings is 3. The molecule has 2 aromatic heterocycles. The number of aromatic nitrogens is 4. The van der Waals surface area contributed by atoms with Gasteiger partial charge in [0, 0.05) is 29.9 Å². The highest BCUT2D eigenvalue weighted by atomic mass is 16.2. The Bertz CT molecular complexity index is 1530. The summed E-state index contributed by atoms with van der Waals surface area (Å²) in [4.78, 5) is 16.5. The van der Waals surface area contributed by atoms with Gasteiger partial charge in [-0.2, -0.15) is 0 Å². The van der Waals surface area contributed by atoms with Crippen molar-refractivity contribution < 1.29 is 4.79 Å². The summed E-state index contributed by atoms with van der Waals surface area (Å²) < 4.78 is 2.14. The first-order valence-corrected chi connectivity index (χ1v) is 12.9. The summed E-state index contributed by atoms with van der Waals surface area (Å²) in [5.41, 5.74) is 10.8. The number of nitrogens with one attached hydrogen (secondary N) is 2. The first-order valence-electron chi connectivity index (χ1n) is 12.9. The van der Waals surface area contributed by atoms with Gasteiger partial charge in [0.1, 0.15) is 5.82 Å². The topological polar surface area (TPSA) is 102 Å². The Balaban J connectivity index is 1.57. The lowest BCUT2D eigenvalue weighted by atomic mass is 10.0. The number of hydrogen-bond acceptors (Lipinski definition) is 4. The molecule has 5 aromatic rings. The molecule has 0 bridgehead atoms. The summed E-state index contributed by atoms with van der Waals surface area (Å²) in [7, 11) is 0. The van der Waals surface area contributed by atoms with E-state index in [2.05, 4.69) is 74.5 Å². The molecule has 0 fully saturated rings. The zero-order chi connectivity index (χ0) is 26.7. The van der Waals surface area contributed by atoms with E-state index in [-0.39, 0.29) is 5.91 Å². The second-order valence-corrected chi connectivity index (χ2v) is 10.5. The SMILES string of the molecule is Cc1ccc(Cn2c(Cc3ccccc3)nnc2[C@@H](Cc2c[nH]c3ccccc23)NC(=O)C(C)(C)N)cc1. The summed E-state index contributed by atoms with van der Waals surface area (Å²) in [6.07, 6.45) is 3.18. The molecular weight excluding hydrogens is 472 g/mol. The van der Waals surface area contributed by atoms with Gasteiger partial charge in [-0.1, -0.05) is 78.4 Å². The second kappa shape index (κ2) is 10.6. The van der Waals surface area contributed by atoms with Crippen molar-refractivity contribution in [3.05, 3.63) is 119 Å². The van der Waals surface area contributed by atoms with Gasteiger partial charge in [0.2, 0.25) is 5.91 Å². The Morgan fingerprint density at radius 2 is 1.68 bits per heavy atom. The quantitative estimate of drug-likeness (QED) is 0.266. The molecule has 7 heteroatoms. The zero-order valence-electron chi connectivity index (χ0n) is 22.1. The van der Waals surface area contributed by atoms with E-state index in [4.69, 9.17) is 5.73 Å². The van der Waals surface area contributed by atoms with Gasteiger partial charge >= 0.3 is 0 Å². The van der Waals surface area contributed by atoms with Crippen molar-refractivity contribution in [2.45, 2.75) is 51.7 Å². The van der Waals surface area contributed by atoms with Crippen LogP contribution in [0.3, 0.4) is 0 Å². The molecule has 0 saturated heterocycles. The molecule has 0 unspecified atom stereocenters. The van der Waals surface area contributed by atoms with E-state index in [1.54, 1.807) is 13.8 Å². The van der Waals surface area contributed by atoms with Crippen LogP contribution in [0.2, 0.25) is 0 Å². The number of fused-ring (bicyclic) bond motifs is 1.